The molecule has 1 saturated heterocycles. The molecular formula is C24H25NO5. The maximum atomic E-state index is 13.1. The number of ketones is 1. The van der Waals surface area contributed by atoms with Gasteiger partial charge in [0.2, 0.25) is 0 Å². The van der Waals surface area contributed by atoms with Gasteiger partial charge in [-0.25, -0.2) is 0 Å². The molecule has 0 radical (unpaired) electrons. The molecule has 0 aromatic heterocycles. The Bertz CT molecular complexity index is 989. The van der Waals surface area contributed by atoms with Crippen molar-refractivity contribution in [2.24, 2.45) is 0 Å². The first-order chi connectivity index (χ1) is 14.5. The van der Waals surface area contributed by atoms with Crippen molar-refractivity contribution in [3.05, 3.63) is 65.2 Å². The fraction of sp³-hybridized carbons (Fsp3) is 0.333. The van der Waals surface area contributed by atoms with Crippen molar-refractivity contribution in [1.29, 1.82) is 0 Å². The molecule has 2 aromatic carbocycles. The van der Waals surface area contributed by atoms with Gasteiger partial charge in [-0.15, -0.1) is 0 Å². The number of nitrogens with zero attached hydrogens (tertiary/aromatic N) is 1. The van der Waals surface area contributed by atoms with Gasteiger partial charge >= 0.3 is 0 Å². The Morgan fingerprint density at radius 2 is 1.63 bits per heavy atom. The van der Waals surface area contributed by atoms with Crippen LogP contribution >= 0.6 is 0 Å². The van der Waals surface area contributed by atoms with E-state index in [9.17, 15) is 14.7 Å². The Balaban J connectivity index is 1.87. The number of methoxy groups -OCH3 is 2. The van der Waals surface area contributed by atoms with Gasteiger partial charge in [0.25, 0.3) is 11.7 Å². The number of Topliss-reactive ketones (excluding diaryl/α,β-unsaturated/α-hetero) is 1. The molecule has 6 heteroatoms. The Labute approximate surface area is 175 Å². The lowest BCUT2D eigenvalue weighted by atomic mass is 9.94. The fourth-order valence-corrected chi connectivity index (χ4v) is 4.45. The van der Waals surface area contributed by atoms with E-state index >= 15 is 0 Å². The molecular weight excluding hydrogens is 382 g/mol. The van der Waals surface area contributed by atoms with Gasteiger partial charge in [0.05, 0.1) is 25.8 Å². The smallest absolute Gasteiger partial charge is 0.295 e. The average molecular weight is 407 g/mol. The van der Waals surface area contributed by atoms with Gasteiger partial charge in [0.15, 0.2) is 0 Å². The Kier molecular flexibility index (Phi) is 5.48. The first-order valence-electron chi connectivity index (χ1n) is 10.1. The van der Waals surface area contributed by atoms with Crippen LogP contribution < -0.4 is 9.47 Å². The minimum absolute atomic E-state index is 0.0100. The van der Waals surface area contributed by atoms with Gasteiger partial charge in [-0.2, -0.15) is 0 Å². The molecule has 1 heterocycles. The lowest BCUT2D eigenvalue weighted by Gasteiger charge is -2.30. The van der Waals surface area contributed by atoms with Crippen molar-refractivity contribution >= 4 is 17.4 Å². The molecule has 1 N–H and O–H groups in total. The first-order valence-corrected chi connectivity index (χ1v) is 10.1. The second kappa shape index (κ2) is 8.22. The third-order valence-electron chi connectivity index (χ3n) is 5.97. The monoisotopic (exact) mass is 407 g/mol. The second-order valence-electron chi connectivity index (χ2n) is 7.65. The highest BCUT2D eigenvalue weighted by Crippen LogP contribution is 2.43. The van der Waals surface area contributed by atoms with Crippen LogP contribution in [0.2, 0.25) is 0 Å². The molecule has 1 saturated carbocycles. The summed E-state index contributed by atoms with van der Waals surface area (Å²) in [5, 5.41) is 11.1. The molecule has 30 heavy (non-hydrogen) atoms. The molecule has 0 bridgehead atoms. The van der Waals surface area contributed by atoms with Crippen LogP contribution in [0.5, 0.6) is 11.5 Å². The number of amides is 1. The zero-order valence-electron chi connectivity index (χ0n) is 17.1. The number of ether oxygens (including phenoxy) is 2. The summed E-state index contributed by atoms with van der Waals surface area (Å²) < 4.78 is 10.5. The van der Waals surface area contributed by atoms with E-state index in [1.165, 1.54) is 7.11 Å². The molecule has 2 fully saturated rings. The van der Waals surface area contributed by atoms with Crippen molar-refractivity contribution in [1.82, 2.24) is 4.90 Å². The number of likely N-dealkylation sites (tertiary alicyclic amines) is 1. The Hall–Kier alpha value is -3.28. The highest BCUT2D eigenvalue weighted by molar-refractivity contribution is 6.46. The topological polar surface area (TPSA) is 76.1 Å². The number of aliphatic hydroxyl groups excluding tert-OH is 1. The Morgan fingerprint density at radius 1 is 0.967 bits per heavy atom. The van der Waals surface area contributed by atoms with Crippen LogP contribution in [0.3, 0.4) is 0 Å². The normalized spacial score (nSPS) is 21.3. The molecule has 156 valence electrons. The van der Waals surface area contributed by atoms with E-state index < -0.39 is 17.7 Å². The molecule has 6 nitrogen and oxygen atoms in total. The van der Waals surface area contributed by atoms with E-state index in [0.29, 0.717) is 17.1 Å². The lowest BCUT2D eigenvalue weighted by Crippen LogP contribution is -2.37. The third-order valence-corrected chi connectivity index (χ3v) is 5.97. The van der Waals surface area contributed by atoms with Crippen molar-refractivity contribution in [3.63, 3.8) is 0 Å². The van der Waals surface area contributed by atoms with Gasteiger partial charge in [0, 0.05) is 11.6 Å². The number of rotatable bonds is 5. The lowest BCUT2D eigenvalue weighted by molar-refractivity contribution is -0.141. The first kappa shape index (κ1) is 20.0. The zero-order valence-corrected chi connectivity index (χ0v) is 17.1. The molecule has 1 aliphatic carbocycles. The summed E-state index contributed by atoms with van der Waals surface area (Å²) in [5.74, 6) is -0.141. The van der Waals surface area contributed by atoms with Crippen molar-refractivity contribution in [3.8, 4) is 11.5 Å². The van der Waals surface area contributed by atoms with E-state index in [0.717, 1.165) is 31.2 Å². The summed E-state index contributed by atoms with van der Waals surface area (Å²) in [6.45, 7) is 0. The molecule has 2 aromatic rings. The zero-order chi connectivity index (χ0) is 21.3. The highest BCUT2D eigenvalue weighted by atomic mass is 16.5. The van der Waals surface area contributed by atoms with Gasteiger partial charge < -0.3 is 19.5 Å². The minimum Gasteiger partial charge on any atom is -0.507 e. The van der Waals surface area contributed by atoms with Crippen LogP contribution in [0.4, 0.5) is 0 Å². The van der Waals surface area contributed by atoms with E-state index in [4.69, 9.17) is 9.47 Å². The average Bonchev–Trinajstić information content (AvgIpc) is 3.40. The second-order valence-corrected chi connectivity index (χ2v) is 7.65. The predicted octanol–water partition coefficient (Wildman–Crippen LogP) is 4.07. The minimum atomic E-state index is -0.650. The summed E-state index contributed by atoms with van der Waals surface area (Å²) >= 11 is 0. The summed E-state index contributed by atoms with van der Waals surface area (Å²) in [5.41, 5.74) is 1.33. The summed E-state index contributed by atoms with van der Waals surface area (Å²) in [7, 11) is 3.12. The third kappa shape index (κ3) is 3.43. The molecule has 2 aliphatic rings. The van der Waals surface area contributed by atoms with Crippen molar-refractivity contribution in [2.75, 3.05) is 14.2 Å². The van der Waals surface area contributed by atoms with Crippen LogP contribution in [0.25, 0.3) is 5.76 Å². The van der Waals surface area contributed by atoms with Crippen LogP contribution in [-0.2, 0) is 9.59 Å². The van der Waals surface area contributed by atoms with Crippen LogP contribution in [0.15, 0.2) is 54.1 Å². The number of hydrogen-bond donors (Lipinski definition) is 1. The number of hydrogen-bond acceptors (Lipinski definition) is 5. The maximum Gasteiger partial charge on any atom is 0.295 e. The summed E-state index contributed by atoms with van der Waals surface area (Å²) in [6, 6.07) is 13.5. The fourth-order valence-electron chi connectivity index (χ4n) is 4.45. The van der Waals surface area contributed by atoms with E-state index in [2.05, 4.69) is 0 Å². The van der Waals surface area contributed by atoms with Crippen LogP contribution in [0, 0.1) is 0 Å². The van der Waals surface area contributed by atoms with Crippen LogP contribution in [-0.4, -0.2) is 42.0 Å². The van der Waals surface area contributed by atoms with Gasteiger partial charge in [-0.05, 0) is 42.7 Å². The maximum absolute atomic E-state index is 13.1. The molecule has 1 unspecified atom stereocenters. The van der Waals surface area contributed by atoms with Crippen LogP contribution in [0.1, 0.15) is 42.9 Å². The number of carbonyl (C=O) groups is 2. The number of aliphatic hydroxyl groups is 1. The van der Waals surface area contributed by atoms with E-state index in [-0.39, 0.29) is 17.4 Å². The van der Waals surface area contributed by atoms with Gasteiger partial charge in [0.1, 0.15) is 17.3 Å². The molecule has 1 aliphatic heterocycles. The van der Waals surface area contributed by atoms with E-state index in [1.54, 1.807) is 48.4 Å². The summed E-state index contributed by atoms with van der Waals surface area (Å²) in [6.07, 6.45) is 3.77. The van der Waals surface area contributed by atoms with Gasteiger partial charge in [-0.1, -0.05) is 37.1 Å². The highest BCUT2D eigenvalue weighted by Gasteiger charge is 2.49. The molecule has 4 rings (SSSR count). The predicted molar refractivity (Wildman–Crippen MR) is 112 cm³/mol. The number of benzene rings is 2. The SMILES string of the molecule is COc1ccc(C2/C(=C(/O)c3cccc(OC)c3)C(=O)C(=O)N2C2CCCC2)cc1. The Morgan fingerprint density at radius 3 is 2.27 bits per heavy atom. The molecule has 1 atom stereocenters. The molecule has 1 amide bonds. The summed E-state index contributed by atoms with van der Waals surface area (Å²) in [4.78, 5) is 27.8. The largest absolute Gasteiger partial charge is 0.507 e. The van der Waals surface area contributed by atoms with Crippen molar-refractivity contribution in [2.45, 2.75) is 37.8 Å². The molecule has 0 spiro atoms. The standard InChI is InChI=1S/C24H25NO5/c1-29-18-12-10-15(11-13-18)21-20(22(26)16-6-5-9-19(14-16)30-2)23(27)24(28)25(21)17-7-3-4-8-17/h5-6,9-14,17,21,26H,3-4,7-8H2,1-2H3/b22-20-. The van der Waals surface area contributed by atoms with E-state index in [1.807, 2.05) is 12.1 Å². The quantitative estimate of drug-likeness (QED) is 0.459. The van der Waals surface area contributed by atoms with Gasteiger partial charge in [-0.3, -0.25) is 9.59 Å². The number of carbonyl (C=O) groups excluding carboxylic acids is 2. The van der Waals surface area contributed by atoms with Crippen molar-refractivity contribution < 1.29 is 24.2 Å².